The molecule has 5 aromatic rings. The highest BCUT2D eigenvalue weighted by molar-refractivity contribution is 6.34. The van der Waals surface area contributed by atoms with Crippen LogP contribution < -0.4 is 14.9 Å². The molecule has 0 spiro atoms. The molecule has 0 saturated carbocycles. The maximum Gasteiger partial charge on any atom is 0.343 e. The third-order valence-electron chi connectivity index (χ3n) is 6.16. The highest BCUT2D eigenvalue weighted by Crippen LogP contribution is 2.39. The second kappa shape index (κ2) is 11.2. The van der Waals surface area contributed by atoms with Crippen LogP contribution >= 0.6 is 11.6 Å². The molecular weight excluding hydrogens is 514 g/mol. The summed E-state index contributed by atoms with van der Waals surface area (Å²) in [5.74, 6) is -0.0642. The second-order valence-corrected chi connectivity index (χ2v) is 9.14. The Morgan fingerprint density at radius 2 is 1.62 bits per heavy atom. The minimum atomic E-state index is -0.490. The molecule has 0 bridgehead atoms. The van der Waals surface area contributed by atoms with Crippen LogP contribution in [0.2, 0.25) is 5.02 Å². The number of nitrogens with zero attached hydrogens (tertiary/aromatic N) is 1. The number of nitrogens with one attached hydrogen (secondary N) is 2. The lowest BCUT2D eigenvalue weighted by atomic mass is 10.0. The summed E-state index contributed by atoms with van der Waals surface area (Å²) in [7, 11) is 1.57. The van der Waals surface area contributed by atoms with Gasteiger partial charge in [0.2, 0.25) is 0 Å². The lowest BCUT2D eigenvalue weighted by Gasteiger charge is -2.08. The third kappa shape index (κ3) is 5.39. The number of aromatic amines is 1. The van der Waals surface area contributed by atoms with Crippen molar-refractivity contribution in [3.63, 3.8) is 0 Å². The number of para-hydroxylation sites is 2. The summed E-state index contributed by atoms with van der Waals surface area (Å²) in [6.45, 7) is 1.94. The number of rotatable bonds is 7. The van der Waals surface area contributed by atoms with Crippen LogP contribution in [0.5, 0.6) is 11.5 Å². The van der Waals surface area contributed by atoms with Crippen LogP contribution in [-0.4, -0.2) is 30.2 Å². The molecule has 0 fully saturated rings. The van der Waals surface area contributed by atoms with Gasteiger partial charge in [-0.15, -0.1) is 0 Å². The van der Waals surface area contributed by atoms with E-state index in [1.807, 2.05) is 55.5 Å². The summed E-state index contributed by atoms with van der Waals surface area (Å²) in [5.41, 5.74) is 6.83. The van der Waals surface area contributed by atoms with E-state index in [4.69, 9.17) is 21.1 Å². The maximum absolute atomic E-state index is 13.4. The first-order chi connectivity index (χ1) is 19.0. The molecule has 0 unspecified atom stereocenters. The average Bonchev–Trinajstić information content (AvgIpc) is 3.34. The van der Waals surface area contributed by atoms with Crippen molar-refractivity contribution in [1.82, 2.24) is 10.4 Å². The maximum atomic E-state index is 13.4. The predicted molar refractivity (Wildman–Crippen MR) is 153 cm³/mol. The molecule has 0 aliphatic rings. The van der Waals surface area contributed by atoms with Gasteiger partial charge in [-0.2, -0.15) is 5.10 Å². The smallest absolute Gasteiger partial charge is 0.343 e. The number of aryl methyl sites for hydroxylation is 1. The van der Waals surface area contributed by atoms with Crippen molar-refractivity contribution in [3.8, 4) is 22.6 Å². The monoisotopic (exact) mass is 537 g/mol. The van der Waals surface area contributed by atoms with Gasteiger partial charge < -0.3 is 14.5 Å². The molecule has 194 valence electrons. The number of carbonyl (C=O) groups is 2. The number of hydrogen-bond acceptors (Lipinski definition) is 5. The van der Waals surface area contributed by atoms with Crippen LogP contribution in [0.25, 0.3) is 22.0 Å². The molecule has 7 nitrogen and oxygen atoms in total. The minimum absolute atomic E-state index is 0.277. The number of halogens is 1. The number of fused-ring (bicyclic) bond motifs is 1. The van der Waals surface area contributed by atoms with Crippen LogP contribution in [0.15, 0.2) is 96.1 Å². The molecule has 0 aliphatic heterocycles. The van der Waals surface area contributed by atoms with E-state index in [0.717, 1.165) is 10.9 Å². The Morgan fingerprint density at radius 1 is 0.897 bits per heavy atom. The molecular formula is C31H24ClN3O4. The molecule has 1 heterocycles. The Labute approximate surface area is 230 Å². The highest BCUT2D eigenvalue weighted by atomic mass is 35.5. The molecule has 0 radical (unpaired) electrons. The lowest BCUT2D eigenvalue weighted by Crippen LogP contribution is -2.19. The molecule has 0 aliphatic carbocycles. The van der Waals surface area contributed by atoms with E-state index in [9.17, 15) is 9.59 Å². The van der Waals surface area contributed by atoms with Crippen molar-refractivity contribution >= 4 is 40.6 Å². The fraction of sp³-hybridized carbons (Fsp3) is 0.0645. The molecule has 8 heteroatoms. The summed E-state index contributed by atoms with van der Waals surface area (Å²) < 4.78 is 11.1. The van der Waals surface area contributed by atoms with E-state index in [1.54, 1.807) is 49.6 Å². The molecule has 0 saturated heterocycles. The standard InChI is InChI=1S/C31H24ClN3O4/c1-19-14-16-20(17-15-19)31(37)39-25-12-6-3-8-21(25)18-33-35-30(36)29-27(22-9-4-5-11-24(22)32)23-10-7-13-26(38-2)28(23)34-29/h3-18,34H,1-2H3,(H,35,36). The van der Waals surface area contributed by atoms with Crippen molar-refractivity contribution in [2.24, 2.45) is 5.10 Å². The van der Waals surface area contributed by atoms with Crippen molar-refractivity contribution < 1.29 is 19.1 Å². The van der Waals surface area contributed by atoms with Crippen LogP contribution in [0.1, 0.15) is 32.0 Å². The molecule has 0 atom stereocenters. The van der Waals surface area contributed by atoms with Gasteiger partial charge in [0, 0.05) is 27.1 Å². The number of hydrazone groups is 1. The van der Waals surface area contributed by atoms with Gasteiger partial charge in [-0.3, -0.25) is 4.79 Å². The first-order valence-corrected chi connectivity index (χ1v) is 12.5. The van der Waals surface area contributed by atoms with Gasteiger partial charge >= 0.3 is 5.97 Å². The van der Waals surface area contributed by atoms with Gasteiger partial charge in [0.05, 0.1) is 24.4 Å². The number of ether oxygens (including phenoxy) is 2. The van der Waals surface area contributed by atoms with Crippen molar-refractivity contribution in [2.75, 3.05) is 7.11 Å². The van der Waals surface area contributed by atoms with E-state index < -0.39 is 11.9 Å². The average molecular weight is 538 g/mol. The number of H-pyrrole nitrogens is 1. The Bertz CT molecular complexity index is 1710. The normalized spacial score (nSPS) is 11.1. The SMILES string of the molecule is COc1cccc2c(-c3ccccc3Cl)c(C(=O)NN=Cc3ccccc3OC(=O)c3ccc(C)cc3)[nH]c12. The van der Waals surface area contributed by atoms with Crippen LogP contribution in [0.3, 0.4) is 0 Å². The predicted octanol–water partition coefficient (Wildman–Crippen LogP) is 6.79. The molecule has 39 heavy (non-hydrogen) atoms. The van der Waals surface area contributed by atoms with Crippen molar-refractivity contribution in [3.05, 3.63) is 118 Å². The summed E-state index contributed by atoms with van der Waals surface area (Å²) in [5, 5.41) is 5.43. The fourth-order valence-electron chi connectivity index (χ4n) is 4.22. The largest absolute Gasteiger partial charge is 0.495 e. The molecule has 2 N–H and O–H groups in total. The number of carbonyl (C=O) groups excluding carboxylic acids is 2. The zero-order chi connectivity index (χ0) is 27.4. The van der Waals surface area contributed by atoms with Crippen molar-refractivity contribution in [1.29, 1.82) is 0 Å². The second-order valence-electron chi connectivity index (χ2n) is 8.73. The van der Waals surface area contributed by atoms with Gasteiger partial charge in [-0.25, -0.2) is 10.2 Å². The van der Waals surface area contributed by atoms with Crippen LogP contribution in [-0.2, 0) is 0 Å². The number of aromatic nitrogens is 1. The first kappa shape index (κ1) is 25.8. The Hall–Kier alpha value is -4.88. The number of hydrogen-bond donors (Lipinski definition) is 2. The fourth-order valence-corrected chi connectivity index (χ4v) is 4.45. The molecule has 4 aromatic carbocycles. The summed E-state index contributed by atoms with van der Waals surface area (Å²) in [4.78, 5) is 29.2. The Morgan fingerprint density at radius 3 is 2.38 bits per heavy atom. The summed E-state index contributed by atoms with van der Waals surface area (Å²) in [6, 6.07) is 26.9. The van der Waals surface area contributed by atoms with Crippen molar-refractivity contribution in [2.45, 2.75) is 6.92 Å². The minimum Gasteiger partial charge on any atom is -0.495 e. The van der Waals surface area contributed by atoms with Gasteiger partial charge in [-0.1, -0.05) is 71.8 Å². The summed E-state index contributed by atoms with van der Waals surface area (Å²) >= 11 is 6.51. The van der Waals surface area contributed by atoms with E-state index >= 15 is 0 Å². The van der Waals surface area contributed by atoms with E-state index in [1.165, 1.54) is 6.21 Å². The quantitative estimate of drug-likeness (QED) is 0.103. The number of amides is 1. The first-order valence-electron chi connectivity index (χ1n) is 12.1. The number of benzene rings is 4. The van der Waals surface area contributed by atoms with Crippen LogP contribution in [0, 0.1) is 6.92 Å². The molecule has 1 aromatic heterocycles. The van der Waals surface area contributed by atoms with Gasteiger partial charge in [0.1, 0.15) is 17.2 Å². The zero-order valence-corrected chi connectivity index (χ0v) is 22.0. The molecule has 5 rings (SSSR count). The zero-order valence-electron chi connectivity index (χ0n) is 21.2. The Kier molecular flexibility index (Phi) is 7.43. The topological polar surface area (TPSA) is 92.8 Å². The Balaban J connectivity index is 1.42. The van der Waals surface area contributed by atoms with Gasteiger partial charge in [0.15, 0.2) is 0 Å². The number of esters is 1. The highest BCUT2D eigenvalue weighted by Gasteiger charge is 2.22. The van der Waals surface area contributed by atoms with E-state index in [2.05, 4.69) is 15.5 Å². The van der Waals surface area contributed by atoms with Gasteiger partial charge in [-0.05, 0) is 43.3 Å². The van der Waals surface area contributed by atoms with E-state index in [0.29, 0.717) is 44.3 Å². The lowest BCUT2D eigenvalue weighted by molar-refractivity contribution is 0.0734. The van der Waals surface area contributed by atoms with Crippen LogP contribution in [0.4, 0.5) is 0 Å². The molecule has 1 amide bonds. The number of methoxy groups -OCH3 is 1. The third-order valence-corrected chi connectivity index (χ3v) is 6.49. The van der Waals surface area contributed by atoms with E-state index in [-0.39, 0.29) is 5.69 Å². The summed E-state index contributed by atoms with van der Waals surface area (Å²) in [6.07, 6.45) is 1.42. The van der Waals surface area contributed by atoms with Gasteiger partial charge in [0.25, 0.3) is 5.91 Å².